The van der Waals surface area contributed by atoms with E-state index in [0.717, 1.165) is 24.4 Å². The lowest BCUT2D eigenvalue weighted by atomic mass is 10.1. The first-order valence-electron chi connectivity index (χ1n) is 9.23. The van der Waals surface area contributed by atoms with Gasteiger partial charge in [-0.1, -0.05) is 27.7 Å². The first-order valence-corrected chi connectivity index (χ1v) is 9.23. The molecule has 1 N–H and O–H groups in total. The fraction of sp³-hybridized carbons (Fsp3) is 1.00. The zero-order chi connectivity index (χ0) is 15.7. The van der Waals surface area contributed by atoms with Gasteiger partial charge < -0.3 is 15.1 Å². The molecule has 3 nitrogen and oxygen atoms in total. The third kappa shape index (κ3) is 7.62. The normalized spacial score (nSPS) is 21.6. The number of likely N-dealkylation sites (tertiary alicyclic amines) is 1. The van der Waals surface area contributed by atoms with Crippen LogP contribution in [-0.4, -0.2) is 61.7 Å². The molecule has 0 radical (unpaired) electrons. The van der Waals surface area contributed by atoms with E-state index in [0.29, 0.717) is 0 Å². The monoisotopic (exact) mass is 297 g/mol. The van der Waals surface area contributed by atoms with Gasteiger partial charge in [-0.05, 0) is 77.3 Å². The van der Waals surface area contributed by atoms with Crippen LogP contribution in [0, 0.1) is 11.8 Å². The molecule has 0 bridgehead atoms. The Hall–Kier alpha value is -0.120. The summed E-state index contributed by atoms with van der Waals surface area (Å²) >= 11 is 0. The summed E-state index contributed by atoms with van der Waals surface area (Å²) in [5.41, 5.74) is 0. The second kappa shape index (κ2) is 10.6. The predicted molar refractivity (Wildman–Crippen MR) is 93.9 cm³/mol. The lowest BCUT2D eigenvalue weighted by Gasteiger charge is -2.26. The summed E-state index contributed by atoms with van der Waals surface area (Å²) in [5, 5.41) is 3.63. The minimum Gasteiger partial charge on any atom is -0.316 e. The van der Waals surface area contributed by atoms with Crippen LogP contribution in [0.5, 0.6) is 0 Å². The largest absolute Gasteiger partial charge is 0.316 e. The minimum atomic E-state index is 0.760. The van der Waals surface area contributed by atoms with Gasteiger partial charge >= 0.3 is 0 Å². The van der Waals surface area contributed by atoms with Gasteiger partial charge in [-0.25, -0.2) is 0 Å². The molecule has 0 saturated carbocycles. The highest BCUT2D eigenvalue weighted by Gasteiger charge is 2.25. The van der Waals surface area contributed by atoms with Gasteiger partial charge in [-0.2, -0.15) is 0 Å². The number of hydrogen-bond donors (Lipinski definition) is 1. The molecule has 1 aliphatic heterocycles. The van der Waals surface area contributed by atoms with Crippen LogP contribution in [0.15, 0.2) is 0 Å². The van der Waals surface area contributed by atoms with E-state index in [9.17, 15) is 0 Å². The number of rotatable bonds is 11. The van der Waals surface area contributed by atoms with Crippen molar-refractivity contribution in [2.75, 3.05) is 45.8 Å². The molecular formula is C18H39N3. The van der Waals surface area contributed by atoms with E-state index in [4.69, 9.17) is 0 Å². The third-order valence-corrected chi connectivity index (χ3v) is 4.92. The molecule has 1 rings (SSSR count). The van der Waals surface area contributed by atoms with Crippen LogP contribution in [0.3, 0.4) is 0 Å². The molecule has 2 unspecified atom stereocenters. The van der Waals surface area contributed by atoms with Crippen LogP contribution in [0.4, 0.5) is 0 Å². The molecule has 0 aromatic heterocycles. The van der Waals surface area contributed by atoms with Crippen molar-refractivity contribution >= 4 is 0 Å². The fourth-order valence-electron chi connectivity index (χ4n) is 3.34. The topological polar surface area (TPSA) is 18.5 Å². The summed E-state index contributed by atoms with van der Waals surface area (Å²) in [6.45, 7) is 20.2. The molecule has 1 aliphatic rings. The van der Waals surface area contributed by atoms with Crippen LogP contribution in [0.2, 0.25) is 0 Å². The summed E-state index contributed by atoms with van der Waals surface area (Å²) in [6.07, 6.45) is 4.07. The molecule has 2 atom stereocenters. The van der Waals surface area contributed by atoms with E-state index < -0.39 is 0 Å². The Labute approximate surface area is 133 Å². The van der Waals surface area contributed by atoms with Crippen LogP contribution >= 0.6 is 0 Å². The summed E-state index contributed by atoms with van der Waals surface area (Å²) in [5.74, 6) is 1.63. The molecule has 0 aromatic rings. The molecule has 0 spiro atoms. The average molecular weight is 298 g/mol. The molecule has 1 fully saturated rings. The maximum Gasteiger partial charge on any atom is 0.00675 e. The molecular weight excluding hydrogens is 258 g/mol. The van der Waals surface area contributed by atoms with Crippen molar-refractivity contribution in [3.05, 3.63) is 0 Å². The molecule has 1 saturated heterocycles. The molecule has 0 aromatic carbocycles. The Morgan fingerprint density at radius 1 is 1.19 bits per heavy atom. The van der Waals surface area contributed by atoms with Gasteiger partial charge in [0.15, 0.2) is 0 Å². The predicted octanol–water partition coefficient (Wildman–Crippen LogP) is 3.06. The summed E-state index contributed by atoms with van der Waals surface area (Å²) in [4.78, 5) is 5.25. The van der Waals surface area contributed by atoms with Gasteiger partial charge in [-0.3, -0.25) is 0 Å². The summed E-state index contributed by atoms with van der Waals surface area (Å²) in [7, 11) is 0. The maximum absolute atomic E-state index is 3.63. The van der Waals surface area contributed by atoms with Crippen LogP contribution in [0.1, 0.15) is 53.9 Å². The van der Waals surface area contributed by atoms with Crippen LogP contribution in [0.25, 0.3) is 0 Å². The van der Waals surface area contributed by atoms with Crippen molar-refractivity contribution in [3.63, 3.8) is 0 Å². The van der Waals surface area contributed by atoms with Crippen molar-refractivity contribution in [1.29, 1.82) is 0 Å². The minimum absolute atomic E-state index is 0.760. The zero-order valence-corrected chi connectivity index (χ0v) is 15.2. The van der Waals surface area contributed by atoms with E-state index in [1.54, 1.807) is 0 Å². The van der Waals surface area contributed by atoms with Crippen molar-refractivity contribution in [3.8, 4) is 0 Å². The Morgan fingerprint density at radius 2 is 1.90 bits per heavy atom. The Balaban J connectivity index is 2.14. The van der Waals surface area contributed by atoms with Crippen LogP contribution < -0.4 is 5.32 Å². The van der Waals surface area contributed by atoms with Gasteiger partial charge in [0.05, 0.1) is 0 Å². The number of hydrogen-bond acceptors (Lipinski definition) is 3. The van der Waals surface area contributed by atoms with E-state index in [-0.39, 0.29) is 0 Å². The van der Waals surface area contributed by atoms with E-state index in [1.807, 2.05) is 0 Å². The highest BCUT2D eigenvalue weighted by atomic mass is 15.2. The highest BCUT2D eigenvalue weighted by Crippen LogP contribution is 2.20. The third-order valence-electron chi connectivity index (χ3n) is 4.92. The quantitative estimate of drug-likeness (QED) is 0.632. The molecule has 3 heteroatoms. The van der Waals surface area contributed by atoms with Gasteiger partial charge in [0.25, 0.3) is 0 Å². The molecule has 126 valence electrons. The van der Waals surface area contributed by atoms with Crippen molar-refractivity contribution < 1.29 is 0 Å². The van der Waals surface area contributed by atoms with Gasteiger partial charge in [0.1, 0.15) is 0 Å². The fourth-order valence-corrected chi connectivity index (χ4v) is 3.34. The zero-order valence-electron chi connectivity index (χ0n) is 15.2. The second-order valence-electron chi connectivity index (χ2n) is 7.22. The van der Waals surface area contributed by atoms with Crippen LogP contribution in [-0.2, 0) is 0 Å². The SMILES string of the molecule is CCN(CC)CCCC(C)N1CCC(CNCC(C)C)C1. The molecule has 1 heterocycles. The Morgan fingerprint density at radius 3 is 2.52 bits per heavy atom. The van der Waals surface area contributed by atoms with Gasteiger partial charge in [0.2, 0.25) is 0 Å². The summed E-state index contributed by atoms with van der Waals surface area (Å²) < 4.78 is 0. The standard InChI is InChI=1S/C18H39N3/c1-6-20(7-2)11-8-9-17(5)21-12-10-18(15-21)14-19-13-16(3)4/h16-19H,6-15H2,1-5H3. The summed E-state index contributed by atoms with van der Waals surface area (Å²) in [6, 6.07) is 0.760. The lowest BCUT2D eigenvalue weighted by molar-refractivity contribution is 0.219. The molecule has 21 heavy (non-hydrogen) atoms. The Bertz CT molecular complexity index is 251. The van der Waals surface area contributed by atoms with Crippen molar-refractivity contribution in [1.82, 2.24) is 15.1 Å². The van der Waals surface area contributed by atoms with E-state index in [2.05, 4.69) is 49.7 Å². The lowest BCUT2D eigenvalue weighted by Crippen LogP contribution is -2.34. The first kappa shape index (κ1) is 18.9. The first-order chi connectivity index (χ1) is 10.1. The second-order valence-corrected chi connectivity index (χ2v) is 7.22. The van der Waals surface area contributed by atoms with Crippen molar-refractivity contribution in [2.24, 2.45) is 11.8 Å². The van der Waals surface area contributed by atoms with Gasteiger partial charge in [0, 0.05) is 12.6 Å². The van der Waals surface area contributed by atoms with E-state index in [1.165, 1.54) is 58.5 Å². The van der Waals surface area contributed by atoms with E-state index >= 15 is 0 Å². The molecule has 0 amide bonds. The number of nitrogens with one attached hydrogen (secondary N) is 1. The highest BCUT2D eigenvalue weighted by molar-refractivity contribution is 4.81. The Kier molecular flexibility index (Phi) is 9.54. The number of nitrogens with zero attached hydrogens (tertiary/aromatic N) is 2. The van der Waals surface area contributed by atoms with Gasteiger partial charge in [-0.15, -0.1) is 0 Å². The van der Waals surface area contributed by atoms with Crippen molar-refractivity contribution in [2.45, 2.75) is 59.9 Å². The molecule has 0 aliphatic carbocycles. The maximum atomic E-state index is 3.63. The smallest absolute Gasteiger partial charge is 0.00675 e. The average Bonchev–Trinajstić information content (AvgIpc) is 2.92.